The molecule has 6 aliphatic carbocycles. The smallest absolute Gasteiger partial charge is 0.416 e. The van der Waals surface area contributed by atoms with Crippen molar-refractivity contribution in [2.45, 2.75) is 89.6 Å². The van der Waals surface area contributed by atoms with Gasteiger partial charge in [0.05, 0.1) is 22.3 Å². The van der Waals surface area contributed by atoms with Crippen molar-refractivity contribution in [3.05, 3.63) is 106 Å². The maximum atomic E-state index is 15.1. The van der Waals surface area contributed by atoms with E-state index in [1.54, 1.807) is 6.07 Å². The number of aliphatic hydroxyl groups excluding tert-OH is 1. The number of carbonyl (C=O) groups excluding carboxylic acids is 1. The summed E-state index contributed by atoms with van der Waals surface area (Å²) in [7, 11) is 0. The molecule has 6 nitrogen and oxygen atoms in total. The van der Waals surface area contributed by atoms with Gasteiger partial charge < -0.3 is 19.6 Å². The van der Waals surface area contributed by atoms with Gasteiger partial charge in [0, 0.05) is 63.6 Å². The summed E-state index contributed by atoms with van der Waals surface area (Å²) in [6, 6.07) is 14.6. The molecular weight excluding hydrogens is 725 g/mol. The number of benzene rings is 2. The third-order valence-corrected chi connectivity index (χ3v) is 16.1. The number of fused-ring (bicyclic) bond motifs is 4. The van der Waals surface area contributed by atoms with Gasteiger partial charge in [0.1, 0.15) is 5.76 Å². The van der Waals surface area contributed by atoms with Crippen molar-refractivity contribution < 1.29 is 32.6 Å². The predicted molar refractivity (Wildman–Crippen MR) is 204 cm³/mol. The molecule has 2 aromatic carbocycles. The van der Waals surface area contributed by atoms with E-state index in [2.05, 4.69) is 66.2 Å². The van der Waals surface area contributed by atoms with Crippen LogP contribution in [0.5, 0.6) is 0 Å². The maximum absolute atomic E-state index is 15.1. The second kappa shape index (κ2) is 11.7. The van der Waals surface area contributed by atoms with Crippen molar-refractivity contribution in [2.75, 3.05) is 13.1 Å². The molecule has 1 aliphatic heterocycles. The van der Waals surface area contributed by atoms with E-state index in [4.69, 9.17) is 16.0 Å². The van der Waals surface area contributed by atoms with Gasteiger partial charge in [-0.3, -0.25) is 9.69 Å². The number of furan rings is 1. The number of para-hydroxylation sites is 1. The second-order valence-electron chi connectivity index (χ2n) is 18.1. The molecular formula is C45H46ClF3N2O4. The average Bonchev–Trinajstić information content (AvgIpc) is 3.85. The van der Waals surface area contributed by atoms with Gasteiger partial charge in [0.2, 0.25) is 5.78 Å². The lowest BCUT2D eigenvalue weighted by atomic mass is 9.32. The fourth-order valence-corrected chi connectivity index (χ4v) is 13.2. The van der Waals surface area contributed by atoms with Crippen LogP contribution in [0.4, 0.5) is 13.2 Å². The summed E-state index contributed by atoms with van der Waals surface area (Å²) in [6.07, 6.45) is 7.57. The van der Waals surface area contributed by atoms with Gasteiger partial charge in [-0.2, -0.15) is 13.2 Å². The molecule has 2 aromatic heterocycles. The quantitative estimate of drug-likeness (QED) is 0.139. The van der Waals surface area contributed by atoms with Crippen LogP contribution in [0.1, 0.15) is 86.2 Å². The van der Waals surface area contributed by atoms with Gasteiger partial charge in [-0.05, 0) is 111 Å². The number of aromatic amines is 1. The topological polar surface area (TPSA) is 89.7 Å². The summed E-state index contributed by atoms with van der Waals surface area (Å²) in [4.78, 5) is 21.1. The lowest BCUT2D eigenvalue weighted by Crippen LogP contribution is -2.67. The number of ketones is 1. The molecule has 2 spiro atoms. The Bertz CT molecular complexity index is 2330. The first-order chi connectivity index (χ1) is 26.1. The first kappa shape index (κ1) is 35.8. The summed E-state index contributed by atoms with van der Waals surface area (Å²) in [5.41, 5.74) is 0.635. The number of hydrogen-bond donors (Lipinski definition) is 3. The normalized spacial score (nSPS) is 36.7. The van der Waals surface area contributed by atoms with Crippen LogP contribution in [0, 0.1) is 33.5 Å². The van der Waals surface area contributed by atoms with Crippen molar-refractivity contribution in [1.29, 1.82) is 0 Å². The van der Waals surface area contributed by atoms with E-state index in [1.807, 2.05) is 0 Å². The van der Waals surface area contributed by atoms with Crippen molar-refractivity contribution in [3.63, 3.8) is 0 Å². The monoisotopic (exact) mass is 770 g/mol. The van der Waals surface area contributed by atoms with E-state index in [1.165, 1.54) is 28.8 Å². The fourth-order valence-electron chi connectivity index (χ4n) is 13.0. The van der Waals surface area contributed by atoms with Crippen molar-refractivity contribution >= 4 is 28.3 Å². The molecule has 2 bridgehead atoms. The number of β-amino-alcohol motifs (C(OH)–C–C–N with tert-alkyl or cyclic N) is 1. The van der Waals surface area contributed by atoms with Gasteiger partial charge in [-0.1, -0.05) is 61.9 Å². The molecule has 3 N–H and O–H groups in total. The molecule has 0 saturated heterocycles. The standard InChI is InChI=1S/C45H46ClF3N2O4/c1-40-15-11-27(52)22-42(40)18-19-44(31(23-42)39(53)36-10-9-35(55-36)30-21-26(45(47,48)49)7-8-32(30)46)37(40)12-16-41(2)38(44)13-17-43(41,54)25-51-20-14-29-28-5-3-4-6-33(28)50-34(29)24-51/h3-10,18-19,21,23,27,37-38,50,52,54H,11-17,20,22,24-25H2,1-2H3/t27?,37-,38-,40-,41+,42+,43-,44-/m1/s1. The average molecular weight is 771 g/mol. The number of aliphatic hydroxyl groups is 2. The number of hydrogen-bond acceptors (Lipinski definition) is 5. The highest BCUT2D eigenvalue weighted by Gasteiger charge is 2.74. The molecule has 0 amide bonds. The van der Waals surface area contributed by atoms with Crippen molar-refractivity contribution in [2.24, 2.45) is 33.5 Å². The van der Waals surface area contributed by atoms with Crippen LogP contribution in [0.3, 0.4) is 0 Å². The molecule has 288 valence electrons. The Hall–Kier alpha value is -3.63. The molecule has 11 rings (SSSR count). The van der Waals surface area contributed by atoms with E-state index in [0.29, 0.717) is 31.4 Å². The van der Waals surface area contributed by atoms with E-state index >= 15 is 4.79 Å². The van der Waals surface area contributed by atoms with Crippen LogP contribution in [0.2, 0.25) is 5.02 Å². The summed E-state index contributed by atoms with van der Waals surface area (Å²) in [6.45, 7) is 6.72. The zero-order valence-corrected chi connectivity index (χ0v) is 31.9. The number of aromatic nitrogens is 1. The van der Waals surface area contributed by atoms with Crippen LogP contribution in [0.15, 0.2) is 82.8 Å². The Morgan fingerprint density at radius 2 is 1.76 bits per heavy atom. The highest BCUT2D eigenvalue weighted by atomic mass is 35.5. The van der Waals surface area contributed by atoms with E-state index in [9.17, 15) is 23.4 Å². The SMILES string of the molecule is C[C@]12CC[C@H]3[C@]4(C=C[C@@]5(C=C4C(=O)c4ccc(-c6cc(C(F)(F)F)ccc6Cl)o4)CC(O)CC[C@]35C)[C@@H]1CC[C@@]2(O)CN1CCc2c([nH]c3ccccc23)C1. The zero-order valence-electron chi connectivity index (χ0n) is 31.1. The zero-order chi connectivity index (χ0) is 38.3. The first-order valence-electron chi connectivity index (χ1n) is 19.8. The molecule has 8 atom stereocenters. The highest BCUT2D eigenvalue weighted by Crippen LogP contribution is 2.78. The summed E-state index contributed by atoms with van der Waals surface area (Å²) >= 11 is 6.40. The number of H-pyrrole nitrogens is 1. The number of Topliss-reactive ketones (excluding diaryl/α,β-unsaturated/α-hetero) is 1. The number of rotatable bonds is 5. The summed E-state index contributed by atoms with van der Waals surface area (Å²) in [5, 5.41) is 25.4. The Kier molecular flexibility index (Phi) is 7.62. The van der Waals surface area contributed by atoms with Gasteiger partial charge >= 0.3 is 6.18 Å². The lowest BCUT2D eigenvalue weighted by Gasteiger charge is -2.71. The molecule has 7 aliphatic rings. The van der Waals surface area contributed by atoms with Crippen LogP contribution in [-0.4, -0.2) is 50.7 Å². The second-order valence-corrected chi connectivity index (χ2v) is 18.5. The summed E-state index contributed by atoms with van der Waals surface area (Å²) in [5.74, 6) is -0.116. The number of halogens is 4. The number of nitrogens with zero attached hydrogens (tertiary/aromatic N) is 1. The van der Waals surface area contributed by atoms with E-state index < -0.39 is 39.7 Å². The molecule has 3 saturated carbocycles. The maximum Gasteiger partial charge on any atom is 0.416 e. The Balaban J connectivity index is 1.02. The lowest BCUT2D eigenvalue weighted by molar-refractivity contribution is -0.176. The van der Waals surface area contributed by atoms with Gasteiger partial charge in [0.25, 0.3) is 0 Å². The molecule has 55 heavy (non-hydrogen) atoms. The number of carbonyl (C=O) groups is 1. The molecule has 10 heteroatoms. The van der Waals surface area contributed by atoms with E-state index in [0.717, 1.165) is 62.8 Å². The Morgan fingerprint density at radius 3 is 2.58 bits per heavy atom. The third-order valence-electron chi connectivity index (χ3n) is 15.8. The van der Waals surface area contributed by atoms with Gasteiger partial charge in [-0.15, -0.1) is 0 Å². The van der Waals surface area contributed by atoms with Crippen LogP contribution in [-0.2, 0) is 19.1 Å². The highest BCUT2D eigenvalue weighted by molar-refractivity contribution is 6.33. The third kappa shape index (κ3) is 4.82. The molecule has 1 unspecified atom stereocenters. The number of nitrogens with one attached hydrogen (secondary N) is 1. The molecule has 4 aromatic rings. The number of alkyl halides is 3. The minimum absolute atomic E-state index is 0.0428. The minimum atomic E-state index is -4.57. The van der Waals surface area contributed by atoms with Crippen LogP contribution in [0.25, 0.3) is 22.2 Å². The van der Waals surface area contributed by atoms with Crippen molar-refractivity contribution in [1.82, 2.24) is 9.88 Å². The molecule has 3 heterocycles. The predicted octanol–water partition coefficient (Wildman–Crippen LogP) is 9.93. The Morgan fingerprint density at radius 1 is 1.00 bits per heavy atom. The molecule has 3 fully saturated rings. The fraction of sp³-hybridized carbons (Fsp3) is 0.489. The van der Waals surface area contributed by atoms with Crippen LogP contribution < -0.4 is 0 Å². The largest absolute Gasteiger partial charge is 0.453 e. The van der Waals surface area contributed by atoms with Crippen LogP contribution >= 0.6 is 11.6 Å². The first-order valence-corrected chi connectivity index (χ1v) is 20.2. The van der Waals surface area contributed by atoms with E-state index in [-0.39, 0.29) is 45.1 Å². The van der Waals surface area contributed by atoms with Crippen molar-refractivity contribution in [3.8, 4) is 11.3 Å². The minimum Gasteiger partial charge on any atom is -0.453 e. The Labute approximate surface area is 323 Å². The van der Waals surface area contributed by atoms with Gasteiger partial charge in [0.15, 0.2) is 5.76 Å². The summed E-state index contributed by atoms with van der Waals surface area (Å²) < 4.78 is 47.2. The van der Waals surface area contributed by atoms with Gasteiger partial charge in [-0.25, -0.2) is 0 Å². The number of allylic oxidation sites excluding steroid dienone is 4. The molecule has 0 radical (unpaired) electrons.